The summed E-state index contributed by atoms with van der Waals surface area (Å²) in [6.45, 7) is 2.03. The summed E-state index contributed by atoms with van der Waals surface area (Å²) in [7, 11) is -5.74. The molecule has 0 atom stereocenters. The van der Waals surface area contributed by atoms with E-state index in [1.165, 1.54) is 27.9 Å². The molecule has 1 amide bonds. The number of piperidine rings is 2. The first kappa shape index (κ1) is 26.6. The van der Waals surface area contributed by atoms with Crippen LogP contribution in [0.2, 0.25) is 0 Å². The summed E-state index contributed by atoms with van der Waals surface area (Å²) in [6, 6.07) is 11.0. The van der Waals surface area contributed by atoms with E-state index in [1.807, 2.05) is 0 Å². The van der Waals surface area contributed by atoms with Crippen LogP contribution in [0.1, 0.15) is 54.4 Å². The first-order valence-electron chi connectivity index (χ1n) is 12.3. The van der Waals surface area contributed by atoms with Crippen molar-refractivity contribution >= 4 is 31.6 Å². The number of benzene rings is 2. The van der Waals surface area contributed by atoms with Gasteiger partial charge in [0.1, 0.15) is 10.6 Å². The van der Waals surface area contributed by atoms with E-state index in [-0.39, 0.29) is 16.4 Å². The number of rotatable bonds is 8. The zero-order chi connectivity index (χ0) is 25.8. The fourth-order valence-electron chi connectivity index (χ4n) is 4.60. The maximum Gasteiger partial charge on any atom is 0.255 e. The lowest BCUT2D eigenvalue weighted by molar-refractivity contribution is 0.102. The molecule has 2 heterocycles. The standard InChI is InChI=1S/C25H33N3O6S2/c1-34-23-13-12-22(18-24(23)36(32,33)28-16-6-3-7-17-28)26-25(29)21-10-8-20(9-11-21)19-35(30,31)27-14-4-2-5-15-27/h8-13,18H,2-7,14-17,19H2,1H3,(H,26,29). The molecule has 2 aromatic rings. The molecule has 36 heavy (non-hydrogen) atoms. The van der Waals surface area contributed by atoms with E-state index >= 15 is 0 Å². The second kappa shape index (κ2) is 11.3. The number of carbonyl (C=O) groups excluding carboxylic acids is 1. The van der Waals surface area contributed by atoms with E-state index in [1.54, 1.807) is 30.3 Å². The van der Waals surface area contributed by atoms with E-state index in [0.29, 0.717) is 43.0 Å². The summed E-state index contributed by atoms with van der Waals surface area (Å²) in [6.07, 6.45) is 5.44. The highest BCUT2D eigenvalue weighted by Crippen LogP contribution is 2.31. The molecule has 0 aliphatic carbocycles. The fraction of sp³-hybridized carbons (Fsp3) is 0.480. The molecule has 0 saturated carbocycles. The van der Waals surface area contributed by atoms with Gasteiger partial charge in [-0.15, -0.1) is 0 Å². The van der Waals surface area contributed by atoms with Crippen molar-refractivity contribution in [2.45, 2.75) is 49.2 Å². The SMILES string of the molecule is COc1ccc(NC(=O)c2ccc(CS(=O)(=O)N3CCCCC3)cc2)cc1S(=O)(=O)N1CCCCC1. The lowest BCUT2D eigenvalue weighted by Gasteiger charge is -2.26. The molecular formula is C25H33N3O6S2. The Hall–Kier alpha value is -2.47. The van der Waals surface area contributed by atoms with Crippen molar-refractivity contribution in [2.24, 2.45) is 0 Å². The number of methoxy groups -OCH3 is 1. The number of hydrogen-bond acceptors (Lipinski definition) is 6. The monoisotopic (exact) mass is 535 g/mol. The number of nitrogens with zero attached hydrogens (tertiary/aromatic N) is 2. The second-order valence-corrected chi connectivity index (χ2v) is 13.1. The molecule has 2 aliphatic heterocycles. The van der Waals surface area contributed by atoms with Crippen molar-refractivity contribution in [1.82, 2.24) is 8.61 Å². The number of anilines is 1. The molecule has 2 saturated heterocycles. The molecule has 4 rings (SSSR count). The largest absolute Gasteiger partial charge is 0.495 e. The average molecular weight is 536 g/mol. The van der Waals surface area contributed by atoms with Crippen LogP contribution < -0.4 is 10.1 Å². The number of hydrogen-bond donors (Lipinski definition) is 1. The minimum atomic E-state index is -3.76. The zero-order valence-corrected chi connectivity index (χ0v) is 22.1. The highest BCUT2D eigenvalue weighted by atomic mass is 32.2. The Bertz CT molecular complexity index is 1280. The van der Waals surface area contributed by atoms with Crippen LogP contribution in [0.25, 0.3) is 0 Å². The van der Waals surface area contributed by atoms with Crippen LogP contribution in [0.5, 0.6) is 5.75 Å². The quantitative estimate of drug-likeness (QED) is 0.554. The Morgan fingerprint density at radius 2 is 1.42 bits per heavy atom. The zero-order valence-electron chi connectivity index (χ0n) is 20.5. The molecule has 0 unspecified atom stereocenters. The van der Waals surface area contributed by atoms with Gasteiger partial charge in [-0.1, -0.05) is 25.0 Å². The molecule has 0 radical (unpaired) electrons. The van der Waals surface area contributed by atoms with Crippen LogP contribution in [0, 0.1) is 0 Å². The van der Waals surface area contributed by atoms with Crippen molar-refractivity contribution in [3.8, 4) is 5.75 Å². The first-order chi connectivity index (χ1) is 17.2. The highest BCUT2D eigenvalue weighted by molar-refractivity contribution is 7.89. The normalized spacial score (nSPS) is 18.0. The summed E-state index contributed by atoms with van der Waals surface area (Å²) in [5, 5.41) is 2.74. The molecule has 0 spiro atoms. The van der Waals surface area contributed by atoms with Crippen LogP contribution in [0.15, 0.2) is 47.4 Å². The Labute approximate surface area is 213 Å². The van der Waals surface area contributed by atoms with Crippen molar-refractivity contribution in [3.63, 3.8) is 0 Å². The molecule has 9 nitrogen and oxygen atoms in total. The smallest absolute Gasteiger partial charge is 0.255 e. The number of amides is 1. The molecular weight excluding hydrogens is 502 g/mol. The predicted octanol–water partition coefficient (Wildman–Crippen LogP) is 3.44. The van der Waals surface area contributed by atoms with Crippen LogP contribution in [-0.4, -0.2) is 64.6 Å². The number of carbonyl (C=O) groups is 1. The summed E-state index contributed by atoms with van der Waals surface area (Å²) in [5.74, 6) is -0.310. The average Bonchev–Trinajstić information content (AvgIpc) is 2.90. The van der Waals surface area contributed by atoms with Gasteiger partial charge in [0.05, 0.1) is 12.9 Å². The molecule has 0 aromatic heterocycles. The van der Waals surface area contributed by atoms with E-state index < -0.39 is 26.0 Å². The van der Waals surface area contributed by atoms with Crippen LogP contribution in [-0.2, 0) is 25.8 Å². The van der Waals surface area contributed by atoms with Gasteiger partial charge in [0, 0.05) is 37.4 Å². The third-order valence-electron chi connectivity index (χ3n) is 6.63. The minimum absolute atomic E-state index is 0.0166. The van der Waals surface area contributed by atoms with Gasteiger partial charge in [0.2, 0.25) is 20.0 Å². The lowest BCUT2D eigenvalue weighted by atomic mass is 10.1. The van der Waals surface area contributed by atoms with Crippen LogP contribution in [0.3, 0.4) is 0 Å². The van der Waals surface area contributed by atoms with E-state index in [9.17, 15) is 21.6 Å². The highest BCUT2D eigenvalue weighted by Gasteiger charge is 2.29. The van der Waals surface area contributed by atoms with E-state index in [4.69, 9.17) is 4.74 Å². The minimum Gasteiger partial charge on any atom is -0.495 e. The van der Waals surface area contributed by atoms with Crippen molar-refractivity contribution in [2.75, 3.05) is 38.6 Å². The number of nitrogens with one attached hydrogen (secondary N) is 1. The van der Waals surface area contributed by atoms with Gasteiger partial charge >= 0.3 is 0 Å². The lowest BCUT2D eigenvalue weighted by Crippen LogP contribution is -2.36. The Morgan fingerprint density at radius 3 is 2.00 bits per heavy atom. The summed E-state index contributed by atoms with van der Waals surface area (Å²) in [4.78, 5) is 12.9. The third kappa shape index (κ3) is 6.08. The molecule has 2 aromatic carbocycles. The van der Waals surface area contributed by atoms with Crippen molar-refractivity contribution < 1.29 is 26.4 Å². The molecule has 1 N–H and O–H groups in total. The predicted molar refractivity (Wildman–Crippen MR) is 138 cm³/mol. The maximum absolute atomic E-state index is 13.2. The number of ether oxygens (including phenoxy) is 1. The third-order valence-corrected chi connectivity index (χ3v) is 10.4. The van der Waals surface area contributed by atoms with Crippen molar-refractivity contribution in [1.29, 1.82) is 0 Å². The molecule has 0 bridgehead atoms. The number of sulfonamides is 2. The molecule has 2 aliphatic rings. The van der Waals surface area contributed by atoms with Crippen LogP contribution in [0.4, 0.5) is 5.69 Å². The topological polar surface area (TPSA) is 113 Å². The first-order valence-corrected chi connectivity index (χ1v) is 15.3. The van der Waals surface area contributed by atoms with Crippen molar-refractivity contribution in [3.05, 3.63) is 53.6 Å². The fourth-order valence-corrected chi connectivity index (χ4v) is 7.91. The second-order valence-electron chi connectivity index (χ2n) is 9.20. The van der Waals surface area contributed by atoms with E-state index in [2.05, 4.69) is 5.32 Å². The van der Waals surface area contributed by atoms with Gasteiger partial charge in [-0.25, -0.2) is 21.1 Å². The maximum atomic E-state index is 13.2. The van der Waals surface area contributed by atoms with Gasteiger partial charge in [-0.2, -0.15) is 4.31 Å². The van der Waals surface area contributed by atoms with Crippen LogP contribution >= 0.6 is 0 Å². The van der Waals surface area contributed by atoms with Gasteiger partial charge in [0.25, 0.3) is 5.91 Å². The molecule has 196 valence electrons. The van der Waals surface area contributed by atoms with Gasteiger partial charge in [-0.05, 0) is 61.6 Å². The van der Waals surface area contributed by atoms with Gasteiger partial charge in [-0.3, -0.25) is 4.79 Å². The van der Waals surface area contributed by atoms with Gasteiger partial charge < -0.3 is 10.1 Å². The summed E-state index contributed by atoms with van der Waals surface area (Å²) in [5.41, 5.74) is 1.27. The molecule has 11 heteroatoms. The molecule has 2 fully saturated rings. The summed E-state index contributed by atoms with van der Waals surface area (Å²) >= 11 is 0. The Balaban J connectivity index is 1.47. The summed E-state index contributed by atoms with van der Waals surface area (Å²) < 4.78 is 60.1. The Morgan fingerprint density at radius 1 is 0.833 bits per heavy atom. The van der Waals surface area contributed by atoms with E-state index in [0.717, 1.165) is 38.5 Å². The van der Waals surface area contributed by atoms with Gasteiger partial charge in [0.15, 0.2) is 0 Å². The Kier molecular flexibility index (Phi) is 8.34.